The number of morpholine rings is 1. The number of hydrogen-bond donors (Lipinski definition) is 0. The highest BCUT2D eigenvalue weighted by Crippen LogP contribution is 2.24. The SMILES string of the molecule is CCc1ncnc(OC(=O)N2CCOCC2)c1Cl. The number of rotatable bonds is 2. The lowest BCUT2D eigenvalue weighted by molar-refractivity contribution is 0.0412. The largest absolute Gasteiger partial charge is 0.416 e. The molecular weight excluding hydrogens is 258 g/mol. The molecule has 0 saturated carbocycles. The summed E-state index contributed by atoms with van der Waals surface area (Å²) in [7, 11) is 0. The molecule has 0 atom stereocenters. The van der Waals surface area contributed by atoms with Gasteiger partial charge in [-0.2, -0.15) is 4.98 Å². The number of aryl methyl sites for hydroxylation is 1. The molecule has 1 aromatic heterocycles. The number of aromatic nitrogens is 2. The summed E-state index contributed by atoms with van der Waals surface area (Å²) in [5.41, 5.74) is 0.663. The van der Waals surface area contributed by atoms with Gasteiger partial charge < -0.3 is 14.4 Å². The predicted octanol–water partition coefficient (Wildman–Crippen LogP) is 1.52. The lowest BCUT2D eigenvalue weighted by atomic mass is 10.3. The fraction of sp³-hybridized carbons (Fsp3) is 0.545. The maximum Gasteiger partial charge on any atom is 0.416 e. The third-order valence-electron chi connectivity index (χ3n) is 2.62. The van der Waals surface area contributed by atoms with Crippen molar-refractivity contribution in [2.45, 2.75) is 13.3 Å². The molecular formula is C11H14ClN3O3. The van der Waals surface area contributed by atoms with E-state index >= 15 is 0 Å². The van der Waals surface area contributed by atoms with Gasteiger partial charge in [-0.3, -0.25) is 0 Å². The van der Waals surface area contributed by atoms with Crippen LogP contribution in [0.5, 0.6) is 5.88 Å². The van der Waals surface area contributed by atoms with Crippen molar-refractivity contribution in [1.29, 1.82) is 0 Å². The van der Waals surface area contributed by atoms with Crippen LogP contribution in [0.2, 0.25) is 5.02 Å². The number of carbonyl (C=O) groups excluding carboxylic acids is 1. The fourth-order valence-electron chi connectivity index (χ4n) is 1.60. The molecule has 0 aromatic carbocycles. The van der Waals surface area contributed by atoms with Gasteiger partial charge in [0.05, 0.1) is 18.9 Å². The Morgan fingerprint density at radius 1 is 1.50 bits per heavy atom. The average molecular weight is 272 g/mol. The molecule has 1 aromatic rings. The van der Waals surface area contributed by atoms with E-state index in [1.807, 2.05) is 6.92 Å². The van der Waals surface area contributed by atoms with Gasteiger partial charge in [0.25, 0.3) is 0 Å². The Kier molecular flexibility index (Phi) is 4.33. The second-order valence-electron chi connectivity index (χ2n) is 3.76. The highest BCUT2D eigenvalue weighted by molar-refractivity contribution is 6.32. The van der Waals surface area contributed by atoms with Crippen LogP contribution in [-0.2, 0) is 11.2 Å². The van der Waals surface area contributed by atoms with Gasteiger partial charge in [0.2, 0.25) is 5.88 Å². The molecule has 2 rings (SSSR count). The van der Waals surface area contributed by atoms with Crippen molar-refractivity contribution in [1.82, 2.24) is 14.9 Å². The van der Waals surface area contributed by atoms with Crippen molar-refractivity contribution in [2.24, 2.45) is 0 Å². The molecule has 2 heterocycles. The van der Waals surface area contributed by atoms with Crippen molar-refractivity contribution >= 4 is 17.7 Å². The number of nitrogens with zero attached hydrogens (tertiary/aromatic N) is 3. The summed E-state index contributed by atoms with van der Waals surface area (Å²) >= 11 is 6.05. The third kappa shape index (κ3) is 2.88. The summed E-state index contributed by atoms with van der Waals surface area (Å²) in [6, 6.07) is 0. The van der Waals surface area contributed by atoms with E-state index < -0.39 is 6.09 Å². The topological polar surface area (TPSA) is 64.6 Å². The number of hydrogen-bond acceptors (Lipinski definition) is 5. The minimum Gasteiger partial charge on any atom is -0.389 e. The molecule has 6 nitrogen and oxygen atoms in total. The Hall–Kier alpha value is -1.40. The lowest BCUT2D eigenvalue weighted by Crippen LogP contribution is -2.42. The van der Waals surface area contributed by atoms with Gasteiger partial charge in [-0.1, -0.05) is 18.5 Å². The van der Waals surface area contributed by atoms with Gasteiger partial charge in [0.1, 0.15) is 11.3 Å². The van der Waals surface area contributed by atoms with Crippen LogP contribution in [0.25, 0.3) is 0 Å². The monoisotopic (exact) mass is 271 g/mol. The predicted molar refractivity (Wildman–Crippen MR) is 64.8 cm³/mol. The molecule has 1 aliphatic rings. The van der Waals surface area contributed by atoms with Gasteiger partial charge in [-0.25, -0.2) is 9.78 Å². The van der Waals surface area contributed by atoms with Crippen LogP contribution in [0, 0.1) is 0 Å². The van der Waals surface area contributed by atoms with Gasteiger partial charge in [-0.05, 0) is 6.42 Å². The summed E-state index contributed by atoms with van der Waals surface area (Å²) in [5, 5.41) is 0.293. The minimum absolute atomic E-state index is 0.111. The van der Waals surface area contributed by atoms with Crippen molar-refractivity contribution in [3.8, 4) is 5.88 Å². The van der Waals surface area contributed by atoms with Crippen LogP contribution in [0.1, 0.15) is 12.6 Å². The summed E-state index contributed by atoms with van der Waals surface area (Å²) in [4.78, 5) is 21.3. The summed E-state index contributed by atoms with van der Waals surface area (Å²) in [5.74, 6) is 0.111. The van der Waals surface area contributed by atoms with Crippen LogP contribution in [0.3, 0.4) is 0 Å². The van der Waals surface area contributed by atoms with Crippen LogP contribution >= 0.6 is 11.6 Å². The van der Waals surface area contributed by atoms with E-state index in [1.54, 1.807) is 4.90 Å². The Balaban J connectivity index is 2.06. The molecule has 1 fully saturated rings. The first-order valence-electron chi connectivity index (χ1n) is 5.76. The molecule has 0 spiro atoms. The quantitative estimate of drug-likeness (QED) is 0.816. The molecule has 1 aliphatic heterocycles. The lowest BCUT2D eigenvalue weighted by Gasteiger charge is -2.25. The highest BCUT2D eigenvalue weighted by atomic mass is 35.5. The van der Waals surface area contributed by atoms with E-state index in [4.69, 9.17) is 21.1 Å². The van der Waals surface area contributed by atoms with Crippen LogP contribution in [0.4, 0.5) is 4.79 Å². The van der Waals surface area contributed by atoms with E-state index in [2.05, 4.69) is 9.97 Å². The number of amides is 1. The Morgan fingerprint density at radius 2 is 2.22 bits per heavy atom. The molecule has 1 saturated heterocycles. The molecule has 7 heteroatoms. The third-order valence-corrected chi connectivity index (χ3v) is 3.00. The molecule has 18 heavy (non-hydrogen) atoms. The number of carbonyl (C=O) groups is 1. The van der Waals surface area contributed by atoms with Gasteiger partial charge in [0.15, 0.2) is 0 Å². The molecule has 98 valence electrons. The Labute approximate surface area is 110 Å². The first-order chi connectivity index (χ1) is 8.72. The zero-order valence-electron chi connectivity index (χ0n) is 10.1. The van der Waals surface area contributed by atoms with E-state index in [0.29, 0.717) is 43.4 Å². The molecule has 0 bridgehead atoms. The highest BCUT2D eigenvalue weighted by Gasteiger charge is 2.21. The van der Waals surface area contributed by atoms with Crippen molar-refractivity contribution in [2.75, 3.05) is 26.3 Å². The molecule has 0 unspecified atom stereocenters. The normalized spacial score (nSPS) is 15.6. The maximum absolute atomic E-state index is 11.8. The Bertz CT molecular complexity index is 436. The van der Waals surface area contributed by atoms with Crippen LogP contribution in [-0.4, -0.2) is 47.3 Å². The zero-order chi connectivity index (χ0) is 13.0. The van der Waals surface area contributed by atoms with E-state index in [0.717, 1.165) is 0 Å². The first kappa shape index (κ1) is 13.0. The summed E-state index contributed by atoms with van der Waals surface area (Å²) in [6.07, 6.45) is 1.54. The summed E-state index contributed by atoms with van der Waals surface area (Å²) < 4.78 is 10.3. The van der Waals surface area contributed by atoms with Gasteiger partial charge in [-0.15, -0.1) is 0 Å². The molecule has 1 amide bonds. The Morgan fingerprint density at radius 3 is 2.89 bits per heavy atom. The molecule has 0 N–H and O–H groups in total. The van der Waals surface area contributed by atoms with Crippen molar-refractivity contribution in [3.05, 3.63) is 17.0 Å². The summed E-state index contributed by atoms with van der Waals surface area (Å²) in [6.45, 7) is 3.99. The van der Waals surface area contributed by atoms with Crippen molar-refractivity contribution in [3.63, 3.8) is 0 Å². The average Bonchev–Trinajstić information content (AvgIpc) is 2.42. The minimum atomic E-state index is -0.457. The van der Waals surface area contributed by atoms with Gasteiger partial charge in [0, 0.05) is 13.1 Å². The molecule has 0 radical (unpaired) electrons. The van der Waals surface area contributed by atoms with Gasteiger partial charge >= 0.3 is 6.09 Å². The number of halogens is 1. The second kappa shape index (κ2) is 5.97. The van der Waals surface area contributed by atoms with Crippen LogP contribution in [0.15, 0.2) is 6.33 Å². The molecule has 0 aliphatic carbocycles. The zero-order valence-corrected chi connectivity index (χ0v) is 10.8. The number of ether oxygens (including phenoxy) is 2. The maximum atomic E-state index is 11.8. The fourth-order valence-corrected chi connectivity index (χ4v) is 1.87. The standard InChI is InChI=1S/C11H14ClN3O3/c1-2-8-9(12)10(14-7-13-8)18-11(16)15-3-5-17-6-4-15/h7H,2-6H2,1H3. The first-order valence-corrected chi connectivity index (χ1v) is 6.14. The van der Waals surface area contributed by atoms with E-state index in [-0.39, 0.29) is 5.88 Å². The smallest absolute Gasteiger partial charge is 0.389 e. The second-order valence-corrected chi connectivity index (χ2v) is 4.14. The van der Waals surface area contributed by atoms with Crippen LogP contribution < -0.4 is 4.74 Å². The van der Waals surface area contributed by atoms with E-state index in [9.17, 15) is 4.79 Å². The van der Waals surface area contributed by atoms with Crippen molar-refractivity contribution < 1.29 is 14.3 Å². The van der Waals surface area contributed by atoms with E-state index in [1.165, 1.54) is 6.33 Å².